The first-order valence-corrected chi connectivity index (χ1v) is 5.05. The monoisotopic (exact) mass is 198 g/mol. The van der Waals surface area contributed by atoms with E-state index in [0.29, 0.717) is 0 Å². The van der Waals surface area contributed by atoms with E-state index in [4.69, 9.17) is 0 Å². The fraction of sp³-hybridized carbons (Fsp3) is 0.600. The first-order chi connectivity index (χ1) is 6.02. The van der Waals surface area contributed by atoms with Crippen molar-refractivity contribution >= 4 is 20.8 Å². The van der Waals surface area contributed by atoms with Crippen LogP contribution in [-0.2, 0) is 9.59 Å². The highest BCUT2D eigenvalue weighted by Crippen LogP contribution is 2.33. The molecule has 13 heavy (non-hydrogen) atoms. The Morgan fingerprint density at radius 1 is 1.31 bits per heavy atom. The van der Waals surface area contributed by atoms with Crippen LogP contribution in [0, 0.1) is 11.8 Å². The van der Waals surface area contributed by atoms with Crippen LogP contribution in [0.5, 0.6) is 0 Å². The first-order valence-electron chi connectivity index (χ1n) is 4.47. The van der Waals surface area contributed by atoms with Gasteiger partial charge in [0.25, 0.3) is 0 Å². The molecule has 0 amide bonds. The lowest BCUT2D eigenvalue weighted by molar-refractivity contribution is -0.130. The van der Waals surface area contributed by atoms with Crippen LogP contribution in [0.15, 0.2) is 11.4 Å². The van der Waals surface area contributed by atoms with Crippen LogP contribution in [0.25, 0.3) is 0 Å². The molecule has 0 saturated heterocycles. The summed E-state index contributed by atoms with van der Waals surface area (Å²) in [6, 6.07) is 0. The molecule has 0 saturated carbocycles. The number of allylic oxidation sites excluding steroid dienone is 2. The van der Waals surface area contributed by atoms with Crippen LogP contribution in [-0.4, -0.2) is 11.6 Å². The van der Waals surface area contributed by atoms with Gasteiger partial charge in [-0.3, -0.25) is 9.59 Å². The summed E-state index contributed by atoms with van der Waals surface area (Å²) in [4.78, 5) is 22.5. The molecule has 0 aliphatic heterocycles. The van der Waals surface area contributed by atoms with Gasteiger partial charge in [-0.05, 0) is 26.7 Å². The van der Waals surface area contributed by atoms with Crippen molar-refractivity contribution < 1.29 is 9.59 Å². The highest BCUT2D eigenvalue weighted by Gasteiger charge is 2.31. The van der Waals surface area contributed by atoms with Crippen LogP contribution in [0.3, 0.4) is 0 Å². The van der Waals surface area contributed by atoms with Crippen molar-refractivity contribution in [1.82, 2.24) is 0 Å². The Balaban J connectivity index is 2.83. The van der Waals surface area contributed by atoms with E-state index in [1.807, 2.05) is 6.08 Å². The predicted octanol–water partition coefficient (Wildman–Crippen LogP) is 1.95. The lowest BCUT2D eigenvalue weighted by Crippen LogP contribution is -2.29. The molecule has 1 aliphatic carbocycles. The normalized spacial score (nSPS) is 28.1. The maximum Gasteiger partial charge on any atom is 0.133 e. The first kappa shape index (κ1) is 10.6. The van der Waals surface area contributed by atoms with Crippen molar-refractivity contribution in [2.45, 2.75) is 26.7 Å². The average Bonchev–Trinajstić information content (AvgIpc) is 2.03. The zero-order valence-electron chi connectivity index (χ0n) is 8.04. The minimum Gasteiger partial charge on any atom is -0.300 e. The largest absolute Gasteiger partial charge is 0.300 e. The number of hydrogen-bond acceptors (Lipinski definition) is 2. The van der Waals surface area contributed by atoms with Gasteiger partial charge >= 0.3 is 0 Å². The summed E-state index contributed by atoms with van der Waals surface area (Å²) in [6.45, 7) is 3.14. The van der Waals surface area contributed by atoms with E-state index in [-0.39, 0.29) is 23.4 Å². The quantitative estimate of drug-likeness (QED) is 0.635. The molecule has 0 aromatic heterocycles. The van der Waals surface area contributed by atoms with Gasteiger partial charge < -0.3 is 0 Å². The SMILES string of the molecule is CC(=O)C1CC=C(P)CC1C(C)=O. The maximum absolute atomic E-state index is 11.3. The summed E-state index contributed by atoms with van der Waals surface area (Å²) >= 11 is 0. The van der Waals surface area contributed by atoms with Gasteiger partial charge in [-0.25, -0.2) is 0 Å². The molecule has 0 bridgehead atoms. The number of hydrogen-bond donors (Lipinski definition) is 0. The zero-order chi connectivity index (χ0) is 10.0. The molecule has 3 heteroatoms. The van der Waals surface area contributed by atoms with E-state index >= 15 is 0 Å². The average molecular weight is 198 g/mol. The van der Waals surface area contributed by atoms with Crippen molar-refractivity contribution in [2.75, 3.05) is 0 Å². The number of rotatable bonds is 2. The van der Waals surface area contributed by atoms with Crippen molar-refractivity contribution in [3.05, 3.63) is 11.4 Å². The molecule has 0 spiro atoms. The second-order valence-electron chi connectivity index (χ2n) is 3.65. The van der Waals surface area contributed by atoms with Crippen molar-refractivity contribution in [3.8, 4) is 0 Å². The molecule has 0 heterocycles. The van der Waals surface area contributed by atoms with E-state index in [1.54, 1.807) is 13.8 Å². The molecule has 0 radical (unpaired) electrons. The minimum absolute atomic E-state index is 0.0817. The summed E-state index contributed by atoms with van der Waals surface area (Å²) in [7, 11) is 2.62. The van der Waals surface area contributed by atoms with Crippen LogP contribution in [0.2, 0.25) is 0 Å². The number of carbonyl (C=O) groups excluding carboxylic acids is 2. The molecule has 72 valence electrons. The lowest BCUT2D eigenvalue weighted by Gasteiger charge is -2.26. The molecular formula is C10H15O2P. The van der Waals surface area contributed by atoms with Crippen LogP contribution < -0.4 is 0 Å². The zero-order valence-corrected chi connectivity index (χ0v) is 9.19. The Hall–Kier alpha value is -0.490. The van der Waals surface area contributed by atoms with E-state index in [0.717, 1.165) is 18.2 Å². The summed E-state index contributed by atoms with van der Waals surface area (Å²) in [5.74, 6) is 0.0963. The Kier molecular flexibility index (Phi) is 3.38. The predicted molar refractivity (Wildman–Crippen MR) is 55.4 cm³/mol. The molecule has 0 aromatic rings. The summed E-state index contributed by atoms with van der Waals surface area (Å²) in [6.07, 6.45) is 3.48. The fourth-order valence-corrected chi connectivity index (χ4v) is 2.19. The lowest BCUT2D eigenvalue weighted by atomic mass is 9.78. The molecule has 3 unspecified atom stereocenters. The Labute approximate surface area is 81.0 Å². The van der Waals surface area contributed by atoms with Crippen molar-refractivity contribution in [1.29, 1.82) is 0 Å². The second kappa shape index (κ2) is 4.15. The molecule has 0 N–H and O–H groups in total. The summed E-state index contributed by atoms with van der Waals surface area (Å²) in [5, 5.41) is 1.15. The van der Waals surface area contributed by atoms with Crippen LogP contribution in [0.1, 0.15) is 26.7 Å². The van der Waals surface area contributed by atoms with Gasteiger partial charge in [0.05, 0.1) is 0 Å². The number of ketones is 2. The molecular weight excluding hydrogens is 183 g/mol. The summed E-state index contributed by atoms with van der Waals surface area (Å²) in [5.41, 5.74) is 0. The maximum atomic E-state index is 11.3. The van der Waals surface area contributed by atoms with Gasteiger partial charge in [0, 0.05) is 11.8 Å². The highest BCUT2D eigenvalue weighted by molar-refractivity contribution is 7.22. The Morgan fingerprint density at radius 3 is 2.31 bits per heavy atom. The molecule has 2 nitrogen and oxygen atoms in total. The van der Waals surface area contributed by atoms with Gasteiger partial charge in [-0.1, -0.05) is 11.4 Å². The molecule has 1 rings (SSSR count). The molecule has 1 aliphatic rings. The van der Waals surface area contributed by atoms with Crippen LogP contribution in [0.4, 0.5) is 0 Å². The number of carbonyl (C=O) groups is 2. The number of Topliss-reactive ketones (excluding diaryl/α,β-unsaturated/α-hetero) is 2. The molecule has 0 aromatic carbocycles. The molecule has 3 atom stereocenters. The third kappa shape index (κ3) is 2.47. The Bertz CT molecular complexity index is 268. The standard InChI is InChI=1S/C10H15O2P/c1-6(11)9-4-3-8(13)5-10(9)7(2)12/h3,9-10H,4-5,13H2,1-2H3. The van der Waals surface area contributed by atoms with Gasteiger partial charge in [-0.15, -0.1) is 9.24 Å². The van der Waals surface area contributed by atoms with Crippen molar-refractivity contribution in [2.24, 2.45) is 11.8 Å². The van der Waals surface area contributed by atoms with Gasteiger partial charge in [0.15, 0.2) is 0 Å². The smallest absolute Gasteiger partial charge is 0.133 e. The third-order valence-corrected chi connectivity index (χ3v) is 3.09. The Morgan fingerprint density at radius 2 is 1.85 bits per heavy atom. The fourth-order valence-electron chi connectivity index (χ4n) is 1.80. The van der Waals surface area contributed by atoms with E-state index in [9.17, 15) is 9.59 Å². The van der Waals surface area contributed by atoms with E-state index in [2.05, 4.69) is 9.24 Å². The van der Waals surface area contributed by atoms with Gasteiger partial charge in [0.1, 0.15) is 11.6 Å². The van der Waals surface area contributed by atoms with Gasteiger partial charge in [-0.2, -0.15) is 0 Å². The van der Waals surface area contributed by atoms with Crippen LogP contribution >= 0.6 is 9.24 Å². The minimum atomic E-state index is -0.0880. The highest BCUT2D eigenvalue weighted by atomic mass is 31.0. The summed E-state index contributed by atoms with van der Waals surface area (Å²) < 4.78 is 0. The molecule has 0 fully saturated rings. The second-order valence-corrected chi connectivity index (χ2v) is 4.39. The topological polar surface area (TPSA) is 34.1 Å². The van der Waals surface area contributed by atoms with E-state index < -0.39 is 0 Å². The van der Waals surface area contributed by atoms with Crippen molar-refractivity contribution in [3.63, 3.8) is 0 Å². The van der Waals surface area contributed by atoms with Gasteiger partial charge in [0.2, 0.25) is 0 Å². The van der Waals surface area contributed by atoms with E-state index in [1.165, 1.54) is 0 Å². The third-order valence-electron chi connectivity index (χ3n) is 2.62.